The van der Waals surface area contributed by atoms with Gasteiger partial charge in [-0.25, -0.2) is 0 Å². The normalized spacial score (nSPS) is 4.50. The fourth-order valence-corrected chi connectivity index (χ4v) is 0. The zero-order valence-corrected chi connectivity index (χ0v) is 6.44. The molecule has 4 heavy (non-hydrogen) atoms. The largest absolute Gasteiger partial charge is 1.00 e. The third-order valence-corrected chi connectivity index (χ3v) is 0. The van der Waals surface area contributed by atoms with Crippen LogP contribution in [0.5, 0.6) is 0 Å². The quantitative estimate of drug-likeness (QED) is 0.236. The molecule has 0 N–H and O–H groups in total. The van der Waals surface area contributed by atoms with E-state index in [-0.39, 0.29) is 31.0 Å². The van der Waals surface area contributed by atoms with Gasteiger partial charge in [-0.2, -0.15) is 0 Å². The second-order valence-electron chi connectivity index (χ2n) is 0.408. The van der Waals surface area contributed by atoms with E-state index in [2.05, 4.69) is 16.2 Å². The molecule has 1 atom stereocenters. The summed E-state index contributed by atoms with van der Waals surface area (Å²) in [6.45, 7) is 2.09. The monoisotopic (exact) mass is 86.0 g/mol. The van der Waals surface area contributed by atoms with Gasteiger partial charge < -0.3 is 1.43 Å². The molecule has 1 unspecified atom stereocenters. The average Bonchev–Trinajstić information content (AvgIpc) is 0.918. The van der Waals surface area contributed by atoms with E-state index in [1.165, 1.54) is 6.16 Å². The Morgan fingerprint density at radius 3 is 2.00 bits per heavy atom. The zero-order valence-electron chi connectivity index (χ0n) is 4.28. The van der Waals surface area contributed by atoms with Crippen LogP contribution >= 0.6 is 9.24 Å². The molecule has 0 amide bonds. The summed E-state index contributed by atoms with van der Waals surface area (Å²) >= 11 is 0. The van der Waals surface area contributed by atoms with E-state index in [9.17, 15) is 0 Å². The van der Waals surface area contributed by atoms with Gasteiger partial charge in [0, 0.05) is 0 Å². The first-order valence-electron chi connectivity index (χ1n) is 1.12. The van der Waals surface area contributed by atoms with E-state index in [1.54, 1.807) is 0 Å². The topological polar surface area (TPSA) is 0 Å². The Morgan fingerprint density at radius 1 is 2.00 bits per heavy atom. The minimum Gasteiger partial charge on any atom is -1.00 e. The first kappa shape index (κ1) is 9.06. The summed E-state index contributed by atoms with van der Waals surface area (Å²) in [4.78, 5) is 0. The fraction of sp³-hybridized carbons (Fsp3) is 1.00. The average molecular weight is 86.0 g/mol. The van der Waals surface area contributed by atoms with Crippen LogP contribution in [0.4, 0.5) is 0 Å². The maximum atomic E-state index is 2.58. The Hall–Kier alpha value is 1.43. The van der Waals surface area contributed by atoms with Gasteiger partial charge in [-0.3, -0.25) is 0 Å². The molecule has 0 bridgehead atoms. The summed E-state index contributed by atoms with van der Waals surface area (Å²) in [5.74, 6) is 0. The minimum atomic E-state index is 0. The smallest absolute Gasteiger partial charge is 1.00 e. The Morgan fingerprint density at radius 2 is 2.00 bits per heavy atom. The molecular formula is C2H8NaP. The number of hydrogen-bond acceptors (Lipinski definition) is 0. The van der Waals surface area contributed by atoms with Crippen LogP contribution in [-0.2, 0) is 0 Å². The van der Waals surface area contributed by atoms with Gasteiger partial charge in [0.25, 0.3) is 0 Å². The van der Waals surface area contributed by atoms with Gasteiger partial charge in [-0.1, -0.05) is 6.92 Å². The summed E-state index contributed by atoms with van der Waals surface area (Å²) in [5.41, 5.74) is 0. The molecule has 0 spiro atoms. The molecule has 0 aliphatic rings. The van der Waals surface area contributed by atoms with Crippen LogP contribution in [-0.4, -0.2) is 6.16 Å². The molecule has 0 rings (SSSR count). The van der Waals surface area contributed by atoms with Crippen molar-refractivity contribution < 1.29 is 31.0 Å². The maximum absolute atomic E-state index is 2.58. The van der Waals surface area contributed by atoms with Crippen molar-refractivity contribution in [1.29, 1.82) is 0 Å². The first-order chi connectivity index (χ1) is 1.41. The third-order valence-electron chi connectivity index (χ3n) is 0. The third kappa shape index (κ3) is 9.90. The standard InChI is InChI=1S/C2H7P.Na.H/c1-2-3;;/h2-3H2,1H3;;/q;+1;-1. The number of rotatable bonds is 0. The van der Waals surface area contributed by atoms with Crippen LogP contribution in [0.15, 0.2) is 0 Å². The van der Waals surface area contributed by atoms with Gasteiger partial charge in [0.1, 0.15) is 0 Å². The van der Waals surface area contributed by atoms with E-state index < -0.39 is 0 Å². The summed E-state index contributed by atoms with van der Waals surface area (Å²) < 4.78 is 0. The van der Waals surface area contributed by atoms with Crippen LogP contribution in [0.25, 0.3) is 0 Å². The van der Waals surface area contributed by atoms with Crippen LogP contribution in [0.2, 0.25) is 0 Å². The molecule has 0 aromatic heterocycles. The Bertz CT molecular complexity index is 9.61. The Balaban J connectivity index is -0.0000000200. The van der Waals surface area contributed by atoms with Crippen LogP contribution in [0.1, 0.15) is 8.35 Å². The van der Waals surface area contributed by atoms with Crippen molar-refractivity contribution in [3.05, 3.63) is 0 Å². The van der Waals surface area contributed by atoms with E-state index in [0.29, 0.717) is 0 Å². The molecule has 0 saturated carbocycles. The van der Waals surface area contributed by atoms with Crippen LogP contribution in [0.3, 0.4) is 0 Å². The summed E-state index contributed by atoms with van der Waals surface area (Å²) in [7, 11) is 2.58. The van der Waals surface area contributed by atoms with Crippen LogP contribution < -0.4 is 29.6 Å². The fourth-order valence-electron chi connectivity index (χ4n) is 0. The molecule has 0 aliphatic heterocycles. The molecule has 0 radical (unpaired) electrons. The summed E-state index contributed by atoms with van der Waals surface area (Å²) in [6.07, 6.45) is 1.17. The van der Waals surface area contributed by atoms with Gasteiger partial charge in [0.05, 0.1) is 0 Å². The number of hydrogen-bond donors (Lipinski definition) is 0. The molecule has 0 heterocycles. The van der Waals surface area contributed by atoms with Gasteiger partial charge in [0.2, 0.25) is 0 Å². The van der Waals surface area contributed by atoms with Crippen molar-refractivity contribution >= 4 is 9.24 Å². The zero-order chi connectivity index (χ0) is 2.71. The van der Waals surface area contributed by atoms with Crippen molar-refractivity contribution in [3.63, 3.8) is 0 Å². The second-order valence-corrected chi connectivity index (χ2v) is 1.22. The van der Waals surface area contributed by atoms with Gasteiger partial charge in [0.15, 0.2) is 0 Å². The van der Waals surface area contributed by atoms with E-state index in [0.717, 1.165) is 0 Å². The Labute approximate surface area is 53.3 Å². The maximum Gasteiger partial charge on any atom is 1.00 e. The molecule has 0 aromatic rings. The minimum absolute atomic E-state index is 0. The molecule has 0 fully saturated rings. The molecule has 0 aromatic carbocycles. The van der Waals surface area contributed by atoms with Crippen molar-refractivity contribution in [3.8, 4) is 0 Å². The predicted molar refractivity (Wildman–Crippen MR) is 21.4 cm³/mol. The van der Waals surface area contributed by atoms with Gasteiger partial charge in [-0.15, -0.1) is 9.24 Å². The van der Waals surface area contributed by atoms with Crippen molar-refractivity contribution in [2.24, 2.45) is 0 Å². The molecule has 2 heteroatoms. The van der Waals surface area contributed by atoms with E-state index >= 15 is 0 Å². The first-order valence-corrected chi connectivity index (χ1v) is 1.93. The summed E-state index contributed by atoms with van der Waals surface area (Å²) in [6, 6.07) is 0. The molecule has 0 nitrogen and oxygen atoms in total. The molecule has 0 saturated heterocycles. The predicted octanol–water partition coefficient (Wildman–Crippen LogP) is -2.00. The second kappa shape index (κ2) is 8.83. The van der Waals surface area contributed by atoms with Crippen molar-refractivity contribution in [2.45, 2.75) is 6.92 Å². The Kier molecular flexibility index (Phi) is 20.0. The molecular weight excluding hydrogens is 78.0 g/mol. The summed E-state index contributed by atoms with van der Waals surface area (Å²) in [5, 5.41) is 0. The molecule has 0 aliphatic carbocycles. The SMILES string of the molecule is CCP.[H-].[Na+]. The van der Waals surface area contributed by atoms with E-state index in [1.807, 2.05) is 0 Å². The molecule has 22 valence electrons. The van der Waals surface area contributed by atoms with Gasteiger partial charge >= 0.3 is 29.6 Å². The van der Waals surface area contributed by atoms with Crippen molar-refractivity contribution in [1.82, 2.24) is 0 Å². The van der Waals surface area contributed by atoms with E-state index in [4.69, 9.17) is 0 Å². The van der Waals surface area contributed by atoms with Gasteiger partial charge in [-0.05, 0) is 6.16 Å². The van der Waals surface area contributed by atoms with Crippen molar-refractivity contribution in [2.75, 3.05) is 6.16 Å². The van der Waals surface area contributed by atoms with Crippen LogP contribution in [0, 0.1) is 0 Å².